The Kier molecular flexibility index (Phi) is 3.76. The molecule has 2 heteroatoms. The lowest BCUT2D eigenvalue weighted by atomic mass is 10.3. The zero-order chi connectivity index (χ0) is 7.28. The number of carbonyl (C=O) groups is 1. The number of ether oxygens (including phenoxy) is 1. The normalized spacial score (nSPS) is 12.2. The number of esters is 1. The van der Waals surface area contributed by atoms with Crippen molar-refractivity contribution in [2.24, 2.45) is 0 Å². The van der Waals surface area contributed by atoms with Crippen LogP contribution in [0, 0.1) is 0 Å². The minimum Gasteiger partial charge on any atom is -0.463 e. The first kappa shape index (κ1) is 8.21. The molecule has 1 atom stereocenters. The number of hydrogen-bond acceptors (Lipinski definition) is 2. The van der Waals surface area contributed by atoms with Gasteiger partial charge in [-0.15, -0.1) is 6.58 Å². The number of rotatable bonds is 3. The van der Waals surface area contributed by atoms with Gasteiger partial charge < -0.3 is 4.74 Å². The van der Waals surface area contributed by atoms with Crippen molar-refractivity contribution < 1.29 is 9.53 Å². The number of hydrogen-bond donors (Lipinski definition) is 0. The third-order valence-electron chi connectivity index (χ3n) is 0.866. The second kappa shape index (κ2) is 4.13. The average Bonchev–Trinajstić information content (AvgIpc) is 1.63. The molecule has 0 N–H and O–H groups in total. The van der Waals surface area contributed by atoms with Crippen molar-refractivity contribution in [3.63, 3.8) is 0 Å². The van der Waals surface area contributed by atoms with Gasteiger partial charge in [0.05, 0.1) is 0 Å². The highest BCUT2D eigenvalue weighted by Crippen LogP contribution is 1.96. The fourth-order valence-electron chi connectivity index (χ4n) is 0.566. The van der Waals surface area contributed by atoms with Crippen LogP contribution in [0.15, 0.2) is 12.7 Å². The second-order valence-corrected chi connectivity index (χ2v) is 1.94. The smallest absolute Gasteiger partial charge is 0.302 e. The Balaban J connectivity index is 3.37. The van der Waals surface area contributed by atoms with Crippen LogP contribution in [0.5, 0.6) is 0 Å². The van der Waals surface area contributed by atoms with Crippen molar-refractivity contribution in [2.45, 2.75) is 26.4 Å². The summed E-state index contributed by atoms with van der Waals surface area (Å²) in [6.45, 7) is 6.76. The molecule has 1 unspecified atom stereocenters. The maximum Gasteiger partial charge on any atom is 0.302 e. The van der Waals surface area contributed by atoms with Gasteiger partial charge in [0.1, 0.15) is 6.10 Å². The predicted molar refractivity (Wildman–Crippen MR) is 36.0 cm³/mol. The summed E-state index contributed by atoms with van der Waals surface area (Å²) < 4.78 is 4.78. The largest absolute Gasteiger partial charge is 0.463 e. The van der Waals surface area contributed by atoms with Crippen LogP contribution >= 0.6 is 0 Å². The van der Waals surface area contributed by atoms with Crippen LogP contribution in [0.4, 0.5) is 0 Å². The zero-order valence-corrected chi connectivity index (χ0v) is 5.89. The third-order valence-corrected chi connectivity index (χ3v) is 0.866. The molecule has 0 aliphatic heterocycles. The Labute approximate surface area is 55.5 Å². The van der Waals surface area contributed by atoms with Gasteiger partial charge in [-0.25, -0.2) is 0 Å². The maximum atomic E-state index is 10.3. The van der Waals surface area contributed by atoms with Gasteiger partial charge >= 0.3 is 5.97 Å². The summed E-state index contributed by atoms with van der Waals surface area (Å²) in [5, 5.41) is 0. The quantitative estimate of drug-likeness (QED) is 0.425. The zero-order valence-electron chi connectivity index (χ0n) is 5.89. The van der Waals surface area contributed by atoms with E-state index in [1.54, 1.807) is 6.08 Å². The van der Waals surface area contributed by atoms with Crippen LogP contribution < -0.4 is 0 Å². The summed E-state index contributed by atoms with van der Waals surface area (Å²) in [6.07, 6.45) is 2.42. The van der Waals surface area contributed by atoms with Gasteiger partial charge in [0.15, 0.2) is 0 Å². The summed E-state index contributed by atoms with van der Waals surface area (Å²) in [6, 6.07) is 0. The molecule has 0 aromatic heterocycles. The van der Waals surface area contributed by atoms with Gasteiger partial charge in [-0.3, -0.25) is 4.79 Å². The molecular weight excluding hydrogens is 116 g/mol. The molecule has 0 aliphatic carbocycles. The molecule has 0 saturated heterocycles. The van der Waals surface area contributed by atoms with E-state index in [9.17, 15) is 4.79 Å². The molecule has 0 heterocycles. The minimum atomic E-state index is -0.232. The Morgan fingerprint density at radius 1 is 1.89 bits per heavy atom. The van der Waals surface area contributed by atoms with Crippen molar-refractivity contribution in [3.05, 3.63) is 12.7 Å². The summed E-state index contributed by atoms with van der Waals surface area (Å²) in [5.41, 5.74) is 0. The van der Waals surface area contributed by atoms with E-state index >= 15 is 0 Å². The summed E-state index contributed by atoms with van der Waals surface area (Å²) >= 11 is 0. The van der Waals surface area contributed by atoms with E-state index in [0.717, 1.165) is 6.42 Å². The van der Waals surface area contributed by atoms with E-state index in [0.29, 0.717) is 0 Å². The first-order chi connectivity index (χ1) is 4.16. The summed E-state index contributed by atoms with van der Waals surface area (Å²) in [7, 11) is 0. The van der Waals surface area contributed by atoms with Crippen LogP contribution in [-0.4, -0.2) is 12.1 Å². The molecule has 52 valence electrons. The van der Waals surface area contributed by atoms with Crippen LogP contribution in [0.25, 0.3) is 0 Å². The molecule has 9 heavy (non-hydrogen) atoms. The van der Waals surface area contributed by atoms with E-state index in [2.05, 4.69) is 6.58 Å². The van der Waals surface area contributed by atoms with Crippen molar-refractivity contribution in [1.82, 2.24) is 0 Å². The van der Waals surface area contributed by atoms with Crippen molar-refractivity contribution in [1.29, 1.82) is 0 Å². The van der Waals surface area contributed by atoms with E-state index in [1.165, 1.54) is 6.92 Å². The van der Waals surface area contributed by atoms with Gasteiger partial charge in [-0.1, -0.05) is 6.08 Å². The minimum absolute atomic E-state index is 0.0278. The fraction of sp³-hybridized carbons (Fsp3) is 0.571. The Hall–Kier alpha value is -0.790. The van der Waals surface area contributed by atoms with Crippen LogP contribution in [0.3, 0.4) is 0 Å². The first-order valence-electron chi connectivity index (χ1n) is 2.95. The second-order valence-electron chi connectivity index (χ2n) is 1.94. The molecule has 0 rings (SSSR count). The lowest BCUT2D eigenvalue weighted by Crippen LogP contribution is -2.10. The van der Waals surface area contributed by atoms with E-state index in [4.69, 9.17) is 4.74 Å². The van der Waals surface area contributed by atoms with Crippen LogP contribution in [0.2, 0.25) is 0 Å². The average molecular weight is 128 g/mol. The van der Waals surface area contributed by atoms with Crippen LogP contribution in [0.1, 0.15) is 20.3 Å². The standard InChI is InChI=1S/C7H12O2/c1-4-5-6(2)9-7(3)8/h4,6H,1,5H2,2-3H3. The first-order valence-corrected chi connectivity index (χ1v) is 2.95. The SMILES string of the molecule is C=CCC(C)OC(C)=O. The van der Waals surface area contributed by atoms with Crippen molar-refractivity contribution in [3.8, 4) is 0 Å². The highest BCUT2D eigenvalue weighted by atomic mass is 16.5. The monoisotopic (exact) mass is 128 g/mol. The molecule has 0 amide bonds. The lowest BCUT2D eigenvalue weighted by molar-refractivity contribution is -0.145. The number of carbonyl (C=O) groups excluding carboxylic acids is 1. The molecule has 0 radical (unpaired) electrons. The van der Waals surface area contributed by atoms with Gasteiger partial charge in [-0.2, -0.15) is 0 Å². The van der Waals surface area contributed by atoms with E-state index in [1.807, 2.05) is 6.92 Å². The van der Waals surface area contributed by atoms with Gasteiger partial charge in [0.2, 0.25) is 0 Å². The molecule has 0 aromatic rings. The van der Waals surface area contributed by atoms with Crippen LogP contribution in [-0.2, 0) is 9.53 Å². The molecule has 0 saturated carbocycles. The highest BCUT2D eigenvalue weighted by molar-refractivity contribution is 5.66. The van der Waals surface area contributed by atoms with Crippen molar-refractivity contribution >= 4 is 5.97 Å². The summed E-state index contributed by atoms with van der Waals surface area (Å²) in [5.74, 6) is -0.232. The molecular formula is C7H12O2. The van der Waals surface area contributed by atoms with E-state index in [-0.39, 0.29) is 12.1 Å². The predicted octanol–water partition coefficient (Wildman–Crippen LogP) is 1.51. The van der Waals surface area contributed by atoms with E-state index < -0.39 is 0 Å². The maximum absolute atomic E-state index is 10.3. The molecule has 0 aromatic carbocycles. The Morgan fingerprint density at radius 3 is 2.78 bits per heavy atom. The third kappa shape index (κ3) is 5.07. The fourth-order valence-corrected chi connectivity index (χ4v) is 0.566. The van der Waals surface area contributed by atoms with Gasteiger partial charge in [-0.05, 0) is 6.92 Å². The molecule has 0 fully saturated rings. The Morgan fingerprint density at radius 2 is 2.44 bits per heavy atom. The molecule has 0 spiro atoms. The summed E-state index contributed by atoms with van der Waals surface area (Å²) in [4.78, 5) is 10.3. The van der Waals surface area contributed by atoms with Gasteiger partial charge in [0.25, 0.3) is 0 Å². The molecule has 0 bridgehead atoms. The Bertz CT molecular complexity index is 107. The lowest BCUT2D eigenvalue weighted by Gasteiger charge is -2.07. The topological polar surface area (TPSA) is 26.3 Å². The van der Waals surface area contributed by atoms with Crippen molar-refractivity contribution in [2.75, 3.05) is 0 Å². The highest BCUT2D eigenvalue weighted by Gasteiger charge is 2.00. The van der Waals surface area contributed by atoms with Gasteiger partial charge in [0, 0.05) is 13.3 Å². The molecule has 0 aliphatic rings. The molecule has 2 nitrogen and oxygen atoms in total.